The number of hydrogen-bond acceptors (Lipinski definition) is 3. The number of rotatable bonds is 1. The van der Waals surface area contributed by atoms with Gasteiger partial charge in [0.25, 0.3) is 0 Å². The fraction of sp³-hybridized carbons (Fsp3) is 0. The van der Waals surface area contributed by atoms with Crippen LogP contribution in [0.1, 0.15) is 0 Å². The van der Waals surface area contributed by atoms with Crippen LogP contribution in [0.3, 0.4) is 0 Å². The Morgan fingerprint density at radius 3 is 3.00 bits per heavy atom. The van der Waals surface area contributed by atoms with Crippen molar-refractivity contribution in [2.45, 2.75) is 0 Å². The number of azide groups is 1. The molecule has 0 atom stereocenters. The van der Waals surface area contributed by atoms with Crippen LogP contribution >= 0.6 is 23.5 Å². The molecule has 0 aromatic carbocycles. The van der Waals surface area contributed by atoms with Gasteiger partial charge in [-0.05, 0) is 21.8 Å². The third kappa shape index (κ3) is 2.05. The molecule has 1 aliphatic rings. The first-order valence-corrected chi connectivity index (χ1v) is 3.98. The zero-order chi connectivity index (χ0) is 6.53. The van der Waals surface area contributed by atoms with E-state index in [2.05, 4.69) is 10.0 Å². The lowest BCUT2D eigenvalue weighted by molar-refractivity contribution is 1.48. The molecule has 0 aromatic heterocycles. The third-order valence-corrected chi connectivity index (χ3v) is 2.32. The average molecular weight is 157 g/mol. The molecule has 0 amide bonds. The molecule has 46 valence electrons. The summed E-state index contributed by atoms with van der Waals surface area (Å²) in [6.07, 6.45) is 0. The minimum atomic E-state index is 0.713. The molecule has 0 spiro atoms. The highest BCUT2D eigenvalue weighted by Gasteiger charge is 1.93. The van der Waals surface area contributed by atoms with E-state index in [4.69, 9.17) is 5.53 Å². The summed E-state index contributed by atoms with van der Waals surface area (Å²) in [5.41, 5.74) is 7.99. The number of thioether (sulfide) groups is 2. The number of nitrogens with zero attached hydrogens (tertiary/aromatic N) is 3. The van der Waals surface area contributed by atoms with Crippen molar-refractivity contribution in [1.29, 1.82) is 0 Å². The zero-order valence-electron chi connectivity index (χ0n) is 4.39. The first-order valence-electron chi connectivity index (χ1n) is 2.16. The lowest BCUT2D eigenvalue weighted by Gasteiger charge is -1.96. The van der Waals surface area contributed by atoms with Crippen molar-refractivity contribution < 1.29 is 0 Å². The average Bonchev–Trinajstić information content (AvgIpc) is 1.91. The summed E-state index contributed by atoms with van der Waals surface area (Å²) in [6, 6.07) is 0. The predicted molar refractivity (Wildman–Crippen MR) is 41.6 cm³/mol. The fourth-order valence-electron chi connectivity index (χ4n) is 0.346. The van der Waals surface area contributed by atoms with Gasteiger partial charge in [0, 0.05) is 4.91 Å². The van der Waals surface area contributed by atoms with E-state index in [1.165, 1.54) is 23.5 Å². The molecule has 1 rings (SSSR count). The van der Waals surface area contributed by atoms with E-state index in [1.807, 2.05) is 16.2 Å². The lowest BCUT2D eigenvalue weighted by atomic mass is 11.0. The second-order valence-corrected chi connectivity index (χ2v) is 2.88. The Labute approximate surface area is 60.8 Å². The van der Waals surface area contributed by atoms with Crippen LogP contribution in [0.15, 0.2) is 26.4 Å². The van der Waals surface area contributed by atoms with E-state index in [0.717, 1.165) is 0 Å². The van der Waals surface area contributed by atoms with E-state index >= 15 is 0 Å². The molecular weight excluding hydrogens is 154 g/mol. The van der Waals surface area contributed by atoms with Crippen LogP contribution in [0.2, 0.25) is 0 Å². The van der Waals surface area contributed by atoms with Gasteiger partial charge in [-0.25, -0.2) is 0 Å². The summed E-state index contributed by atoms with van der Waals surface area (Å²) >= 11 is 2.94. The molecule has 0 radical (unpaired) electrons. The Bertz CT molecular complexity index is 202. The van der Waals surface area contributed by atoms with Crippen molar-refractivity contribution in [2.24, 2.45) is 5.11 Å². The smallest absolute Gasteiger partial charge is 0.0815 e. The van der Waals surface area contributed by atoms with Gasteiger partial charge in [0.1, 0.15) is 0 Å². The van der Waals surface area contributed by atoms with Crippen LogP contribution in [-0.4, -0.2) is 0 Å². The first-order chi connectivity index (χ1) is 4.43. The van der Waals surface area contributed by atoms with E-state index in [1.54, 1.807) is 0 Å². The van der Waals surface area contributed by atoms with Gasteiger partial charge in [0.2, 0.25) is 0 Å². The van der Waals surface area contributed by atoms with E-state index < -0.39 is 0 Å². The third-order valence-electron chi connectivity index (χ3n) is 0.635. The van der Waals surface area contributed by atoms with Crippen LogP contribution in [0.4, 0.5) is 0 Å². The van der Waals surface area contributed by atoms with Gasteiger partial charge >= 0.3 is 0 Å². The fourth-order valence-corrected chi connectivity index (χ4v) is 1.68. The molecule has 0 saturated carbocycles. The Hall–Kier alpha value is -0.510. The quantitative estimate of drug-likeness (QED) is 0.333. The van der Waals surface area contributed by atoms with Gasteiger partial charge < -0.3 is 0 Å². The molecule has 0 aromatic rings. The second kappa shape index (κ2) is 3.50. The molecule has 0 unspecified atom stereocenters. The molecule has 0 aliphatic carbocycles. The van der Waals surface area contributed by atoms with Crippen molar-refractivity contribution in [1.82, 2.24) is 0 Å². The Balaban J connectivity index is 2.60. The summed E-state index contributed by atoms with van der Waals surface area (Å²) in [5, 5.41) is 9.75. The molecule has 0 saturated heterocycles. The van der Waals surface area contributed by atoms with E-state index in [9.17, 15) is 0 Å². The summed E-state index contributed by atoms with van der Waals surface area (Å²) in [6.45, 7) is 0. The van der Waals surface area contributed by atoms with Crippen LogP contribution in [0.25, 0.3) is 10.4 Å². The predicted octanol–water partition coefficient (Wildman–Crippen LogP) is 3.05. The Morgan fingerprint density at radius 2 is 2.44 bits per heavy atom. The van der Waals surface area contributed by atoms with Gasteiger partial charge in [0.05, 0.1) is 5.03 Å². The van der Waals surface area contributed by atoms with E-state index in [0.29, 0.717) is 5.03 Å². The highest BCUT2D eigenvalue weighted by atomic mass is 32.2. The monoisotopic (exact) mass is 157 g/mol. The molecule has 3 nitrogen and oxygen atoms in total. The van der Waals surface area contributed by atoms with Crippen molar-refractivity contribution >= 4 is 23.5 Å². The van der Waals surface area contributed by atoms with E-state index in [-0.39, 0.29) is 0 Å². The molecular formula is C4H3N3S2. The maximum Gasteiger partial charge on any atom is 0.0815 e. The number of hydrogen-bond donors (Lipinski definition) is 0. The minimum Gasteiger partial charge on any atom is -0.104 e. The normalized spacial score (nSPS) is 16.2. The zero-order valence-corrected chi connectivity index (χ0v) is 6.02. The van der Waals surface area contributed by atoms with Gasteiger partial charge in [-0.15, -0.1) is 11.8 Å². The minimum absolute atomic E-state index is 0.713. The Morgan fingerprint density at radius 1 is 1.56 bits per heavy atom. The summed E-state index contributed by atoms with van der Waals surface area (Å²) in [7, 11) is 0. The van der Waals surface area contributed by atoms with Crippen molar-refractivity contribution in [3.8, 4) is 0 Å². The summed E-state index contributed by atoms with van der Waals surface area (Å²) in [4.78, 5) is 2.65. The molecule has 0 fully saturated rings. The molecule has 0 bridgehead atoms. The van der Waals surface area contributed by atoms with Crippen molar-refractivity contribution in [3.63, 3.8) is 0 Å². The standard InChI is InChI=1S/C4H3N3S2/c5-7-6-4-3-8-1-2-9-4/h1-3H. The summed E-state index contributed by atoms with van der Waals surface area (Å²) < 4.78 is 0. The maximum atomic E-state index is 7.99. The highest BCUT2D eigenvalue weighted by Crippen LogP contribution is 2.28. The molecule has 0 N–H and O–H groups in total. The highest BCUT2D eigenvalue weighted by molar-refractivity contribution is 8.11. The lowest BCUT2D eigenvalue weighted by Crippen LogP contribution is -1.65. The Kier molecular flexibility index (Phi) is 2.57. The van der Waals surface area contributed by atoms with Gasteiger partial charge in [0.15, 0.2) is 0 Å². The van der Waals surface area contributed by atoms with Gasteiger partial charge in [-0.2, -0.15) is 0 Å². The van der Waals surface area contributed by atoms with Crippen LogP contribution in [-0.2, 0) is 0 Å². The van der Waals surface area contributed by atoms with Crippen molar-refractivity contribution in [2.75, 3.05) is 0 Å². The van der Waals surface area contributed by atoms with Crippen LogP contribution < -0.4 is 0 Å². The molecule has 1 aliphatic heterocycles. The van der Waals surface area contributed by atoms with Crippen LogP contribution in [0.5, 0.6) is 0 Å². The van der Waals surface area contributed by atoms with Crippen molar-refractivity contribution in [3.05, 3.63) is 31.7 Å². The van der Waals surface area contributed by atoms with Gasteiger partial charge in [-0.3, -0.25) is 0 Å². The van der Waals surface area contributed by atoms with Gasteiger partial charge in [-0.1, -0.05) is 16.9 Å². The first kappa shape index (κ1) is 6.61. The molecule has 9 heavy (non-hydrogen) atoms. The SMILES string of the molecule is [N-]=[N+]=NC1=CSC=CS1. The maximum absolute atomic E-state index is 7.99. The van der Waals surface area contributed by atoms with Crippen LogP contribution in [0, 0.1) is 0 Å². The molecule has 1 heterocycles. The topological polar surface area (TPSA) is 48.8 Å². The second-order valence-electron chi connectivity index (χ2n) is 1.17. The largest absolute Gasteiger partial charge is 0.104 e. The molecule has 5 heteroatoms. The summed E-state index contributed by atoms with van der Waals surface area (Å²) in [5.74, 6) is 0.